The monoisotopic (exact) mass is 383 g/mol. The summed E-state index contributed by atoms with van der Waals surface area (Å²) >= 11 is 0. The molecule has 0 saturated heterocycles. The molecule has 1 aliphatic carbocycles. The molecule has 0 bridgehead atoms. The van der Waals surface area contributed by atoms with Crippen molar-refractivity contribution in [2.45, 2.75) is 26.2 Å². The predicted molar refractivity (Wildman–Crippen MR) is 103 cm³/mol. The van der Waals surface area contributed by atoms with Crippen LogP contribution in [0.25, 0.3) is 0 Å². The van der Waals surface area contributed by atoms with Gasteiger partial charge in [0.15, 0.2) is 0 Å². The first-order valence-electron chi connectivity index (χ1n) is 8.66. The molecule has 1 rings (SSSR count). The van der Waals surface area contributed by atoms with Crippen LogP contribution in [0.3, 0.4) is 0 Å². The van der Waals surface area contributed by atoms with Crippen molar-refractivity contribution in [1.29, 1.82) is 0 Å². The van der Waals surface area contributed by atoms with Gasteiger partial charge in [-0.05, 0) is 25.1 Å². The minimum absolute atomic E-state index is 0.0601. The van der Waals surface area contributed by atoms with Crippen molar-refractivity contribution in [1.82, 2.24) is 14.7 Å². The molecule has 7 nitrogen and oxygen atoms in total. The van der Waals surface area contributed by atoms with Gasteiger partial charge in [0, 0.05) is 32.6 Å². The predicted octanol–water partition coefficient (Wildman–Crippen LogP) is 1.81. The Morgan fingerprint density at radius 1 is 1.38 bits per heavy atom. The van der Waals surface area contributed by atoms with Crippen LogP contribution in [0.15, 0.2) is 47.4 Å². The summed E-state index contributed by atoms with van der Waals surface area (Å²) in [5, 5.41) is 10.7. The highest BCUT2D eigenvalue weighted by Gasteiger charge is 2.17. The molecule has 26 heavy (non-hydrogen) atoms. The maximum Gasteiger partial charge on any atom is 0.236 e. The molecule has 146 valence electrons. The molecule has 8 heteroatoms. The average molecular weight is 384 g/mol. The topological polar surface area (TPSA) is 90.0 Å². The van der Waals surface area contributed by atoms with Crippen molar-refractivity contribution >= 4 is 15.9 Å². The zero-order valence-corrected chi connectivity index (χ0v) is 16.3. The molecule has 1 aliphatic rings. The van der Waals surface area contributed by atoms with Crippen LogP contribution in [0.2, 0.25) is 0 Å². The third kappa shape index (κ3) is 7.25. The van der Waals surface area contributed by atoms with Gasteiger partial charge in [0.05, 0.1) is 11.3 Å². The van der Waals surface area contributed by atoms with Crippen LogP contribution in [0.5, 0.6) is 0 Å². The second-order valence-corrected chi connectivity index (χ2v) is 7.83. The van der Waals surface area contributed by atoms with E-state index in [9.17, 15) is 18.4 Å². The fraction of sp³-hybridized carbons (Fsp3) is 0.500. The maximum atomic E-state index is 12.6. The van der Waals surface area contributed by atoms with Gasteiger partial charge in [0.2, 0.25) is 15.9 Å². The molecule has 0 aliphatic heterocycles. The molecule has 0 aromatic rings. The summed E-state index contributed by atoms with van der Waals surface area (Å²) in [7, 11) is -2.09. The van der Waals surface area contributed by atoms with Gasteiger partial charge >= 0.3 is 0 Å². The number of amides is 1. The van der Waals surface area contributed by atoms with E-state index in [0.717, 1.165) is 5.57 Å². The van der Waals surface area contributed by atoms with E-state index in [1.165, 1.54) is 18.2 Å². The number of sulfonamides is 1. The average Bonchev–Trinajstić information content (AvgIpc) is 2.86. The van der Waals surface area contributed by atoms with Crippen molar-refractivity contribution in [2.75, 3.05) is 33.2 Å². The molecular weight excluding hydrogens is 354 g/mol. The summed E-state index contributed by atoms with van der Waals surface area (Å²) in [4.78, 5) is 14.5. The molecule has 0 aromatic carbocycles. The first kappa shape index (κ1) is 22.3. The molecule has 0 spiro atoms. The lowest BCUT2D eigenvalue weighted by atomic mass is 10.1. The smallest absolute Gasteiger partial charge is 0.236 e. The first-order valence-corrected chi connectivity index (χ1v) is 10.1. The van der Waals surface area contributed by atoms with Gasteiger partial charge in [-0.2, -0.15) is 5.06 Å². The Morgan fingerprint density at radius 3 is 2.73 bits per heavy atom. The van der Waals surface area contributed by atoms with Gasteiger partial charge in [0.25, 0.3) is 0 Å². The van der Waals surface area contributed by atoms with E-state index >= 15 is 0 Å². The normalized spacial score (nSPS) is 14.6. The number of nitrogens with zero attached hydrogens (tertiary/aromatic N) is 2. The second kappa shape index (κ2) is 11.1. The van der Waals surface area contributed by atoms with Gasteiger partial charge in [0.1, 0.15) is 0 Å². The first-order chi connectivity index (χ1) is 12.3. The summed E-state index contributed by atoms with van der Waals surface area (Å²) in [6.07, 6.45) is 9.54. The van der Waals surface area contributed by atoms with Crippen molar-refractivity contribution in [2.24, 2.45) is 0 Å². The van der Waals surface area contributed by atoms with Crippen LogP contribution in [0.1, 0.15) is 26.2 Å². The van der Waals surface area contributed by atoms with Gasteiger partial charge in [-0.15, -0.1) is 6.58 Å². The Morgan fingerprint density at radius 2 is 2.12 bits per heavy atom. The van der Waals surface area contributed by atoms with Crippen LogP contribution in [-0.2, 0) is 14.8 Å². The molecular formula is C18H29N3O4S. The summed E-state index contributed by atoms with van der Waals surface area (Å²) in [5.74, 6) is -0.0601. The highest BCUT2D eigenvalue weighted by Crippen LogP contribution is 2.18. The van der Waals surface area contributed by atoms with Gasteiger partial charge < -0.3 is 10.1 Å². The SMILES string of the molecule is C=CCN(CCCN(O)CC)C(=O)CC1=CC=C(S(=O)(=O)NC)CC=C1. The quantitative estimate of drug-likeness (QED) is 0.419. The van der Waals surface area contributed by atoms with Crippen LogP contribution in [0.4, 0.5) is 0 Å². The molecule has 0 unspecified atom stereocenters. The van der Waals surface area contributed by atoms with E-state index in [1.807, 2.05) is 6.92 Å². The lowest BCUT2D eigenvalue weighted by Crippen LogP contribution is -2.34. The van der Waals surface area contributed by atoms with E-state index < -0.39 is 10.0 Å². The Kier molecular flexibility index (Phi) is 9.50. The van der Waals surface area contributed by atoms with Gasteiger partial charge in [-0.3, -0.25) is 4.79 Å². The van der Waals surface area contributed by atoms with E-state index in [2.05, 4.69) is 11.3 Å². The Bertz CT molecular complexity index is 681. The number of carbonyl (C=O) groups is 1. The fourth-order valence-electron chi connectivity index (χ4n) is 2.46. The van der Waals surface area contributed by atoms with E-state index in [4.69, 9.17) is 0 Å². The molecule has 0 radical (unpaired) electrons. The van der Waals surface area contributed by atoms with Crippen molar-refractivity contribution in [3.8, 4) is 0 Å². The van der Waals surface area contributed by atoms with E-state index in [0.29, 0.717) is 32.6 Å². The van der Waals surface area contributed by atoms with Gasteiger partial charge in [-0.25, -0.2) is 13.1 Å². The van der Waals surface area contributed by atoms with Gasteiger partial charge in [-0.1, -0.05) is 31.2 Å². The second-order valence-electron chi connectivity index (χ2n) is 5.89. The maximum absolute atomic E-state index is 12.6. The molecule has 2 N–H and O–H groups in total. The zero-order chi connectivity index (χ0) is 19.6. The third-order valence-electron chi connectivity index (χ3n) is 4.01. The summed E-state index contributed by atoms with van der Waals surface area (Å²) in [6.45, 7) is 7.53. The van der Waals surface area contributed by atoms with Crippen LogP contribution in [0, 0.1) is 0 Å². The van der Waals surface area contributed by atoms with Crippen LogP contribution in [-0.4, -0.2) is 62.7 Å². The minimum atomic E-state index is -3.47. The number of hydrogen-bond donors (Lipinski definition) is 2. The molecule has 0 saturated carbocycles. The number of rotatable bonds is 11. The number of hydroxylamine groups is 2. The number of allylic oxidation sites excluding steroid dienone is 5. The lowest BCUT2D eigenvalue weighted by Gasteiger charge is -2.22. The Labute approximate surface area is 156 Å². The molecule has 1 amide bonds. The number of hydrogen-bond acceptors (Lipinski definition) is 5. The highest BCUT2D eigenvalue weighted by molar-refractivity contribution is 7.93. The standard InChI is InChI=1S/C18H29N3O4S/c1-4-12-20(13-7-14-21(23)5-2)18(22)15-16-8-6-9-17(11-10-16)26(24,25)19-3/h4,6,8,10-11,19,23H,1,5,7,9,12-15H2,2-3H3. The lowest BCUT2D eigenvalue weighted by molar-refractivity contribution is -0.130. The van der Waals surface area contributed by atoms with Crippen molar-refractivity contribution in [3.05, 3.63) is 47.4 Å². The molecule has 0 aromatic heterocycles. The fourth-order valence-corrected chi connectivity index (χ4v) is 3.29. The zero-order valence-electron chi connectivity index (χ0n) is 15.5. The summed E-state index contributed by atoms with van der Waals surface area (Å²) < 4.78 is 26.0. The number of carbonyl (C=O) groups excluding carboxylic acids is 1. The van der Waals surface area contributed by atoms with Crippen molar-refractivity contribution in [3.63, 3.8) is 0 Å². The molecule has 0 atom stereocenters. The van der Waals surface area contributed by atoms with E-state index in [1.54, 1.807) is 29.2 Å². The van der Waals surface area contributed by atoms with Crippen LogP contribution < -0.4 is 4.72 Å². The molecule has 0 heterocycles. The largest absolute Gasteiger partial charge is 0.339 e. The molecule has 0 fully saturated rings. The minimum Gasteiger partial charge on any atom is -0.339 e. The third-order valence-corrected chi connectivity index (χ3v) is 5.55. The van der Waals surface area contributed by atoms with Crippen molar-refractivity contribution < 1.29 is 18.4 Å². The van der Waals surface area contributed by atoms with E-state index in [-0.39, 0.29) is 23.7 Å². The Hall–Kier alpha value is -1.74. The van der Waals surface area contributed by atoms with Crippen LogP contribution >= 0.6 is 0 Å². The Balaban J connectivity index is 2.74. The summed E-state index contributed by atoms with van der Waals surface area (Å²) in [6, 6.07) is 0. The summed E-state index contributed by atoms with van der Waals surface area (Å²) in [5.41, 5.74) is 0.753. The highest BCUT2D eigenvalue weighted by atomic mass is 32.2. The number of nitrogens with one attached hydrogen (secondary N) is 1.